The van der Waals surface area contributed by atoms with Gasteiger partial charge in [-0.3, -0.25) is 4.90 Å². The second-order valence-electron chi connectivity index (χ2n) is 8.29. The molecule has 2 saturated heterocycles. The summed E-state index contributed by atoms with van der Waals surface area (Å²) >= 11 is 0. The van der Waals surface area contributed by atoms with Gasteiger partial charge in [-0.1, -0.05) is 20.3 Å². The molecule has 3 nitrogen and oxygen atoms in total. The van der Waals surface area contributed by atoms with Gasteiger partial charge in [0.05, 0.1) is 5.60 Å². The van der Waals surface area contributed by atoms with E-state index in [0.717, 1.165) is 37.6 Å². The molecular weight excluding hydrogens is 260 g/mol. The van der Waals surface area contributed by atoms with Crippen LogP contribution in [0, 0.1) is 17.3 Å². The third-order valence-corrected chi connectivity index (χ3v) is 7.18. The van der Waals surface area contributed by atoms with Crippen molar-refractivity contribution in [1.82, 2.24) is 4.90 Å². The van der Waals surface area contributed by atoms with Crippen LogP contribution in [-0.4, -0.2) is 41.3 Å². The number of fused-ring (bicyclic) bond motifs is 1. The Balaban J connectivity index is 1.79. The first-order valence-electron chi connectivity index (χ1n) is 9.19. The van der Waals surface area contributed by atoms with E-state index in [2.05, 4.69) is 18.7 Å². The van der Waals surface area contributed by atoms with Crippen molar-refractivity contribution in [3.8, 4) is 0 Å². The van der Waals surface area contributed by atoms with E-state index in [4.69, 9.17) is 5.73 Å². The van der Waals surface area contributed by atoms with Crippen molar-refractivity contribution >= 4 is 0 Å². The van der Waals surface area contributed by atoms with Gasteiger partial charge in [0.2, 0.25) is 0 Å². The van der Waals surface area contributed by atoms with Crippen molar-refractivity contribution in [2.24, 2.45) is 23.0 Å². The summed E-state index contributed by atoms with van der Waals surface area (Å²) < 4.78 is 0. The van der Waals surface area contributed by atoms with Crippen LogP contribution in [0.15, 0.2) is 0 Å². The highest BCUT2D eigenvalue weighted by molar-refractivity contribution is 5.12. The van der Waals surface area contributed by atoms with Crippen molar-refractivity contribution in [1.29, 1.82) is 0 Å². The molecule has 21 heavy (non-hydrogen) atoms. The lowest BCUT2D eigenvalue weighted by Crippen LogP contribution is -2.61. The molecule has 3 rings (SSSR count). The summed E-state index contributed by atoms with van der Waals surface area (Å²) in [6, 6.07) is 0.380. The summed E-state index contributed by atoms with van der Waals surface area (Å²) in [4.78, 5) is 2.55. The Morgan fingerprint density at radius 1 is 1.10 bits per heavy atom. The fourth-order valence-electron chi connectivity index (χ4n) is 5.57. The molecule has 2 atom stereocenters. The van der Waals surface area contributed by atoms with E-state index in [1.54, 1.807) is 0 Å². The third kappa shape index (κ3) is 2.46. The predicted molar refractivity (Wildman–Crippen MR) is 87.1 cm³/mol. The minimum Gasteiger partial charge on any atom is -0.388 e. The molecule has 0 aromatic carbocycles. The van der Waals surface area contributed by atoms with Crippen LogP contribution in [0.5, 0.6) is 0 Å². The van der Waals surface area contributed by atoms with Gasteiger partial charge >= 0.3 is 0 Å². The van der Waals surface area contributed by atoms with E-state index in [1.165, 1.54) is 38.6 Å². The van der Waals surface area contributed by atoms with Gasteiger partial charge in [-0.15, -0.1) is 0 Å². The maximum atomic E-state index is 11.7. The minimum absolute atomic E-state index is 0.0187. The van der Waals surface area contributed by atoms with Crippen molar-refractivity contribution < 1.29 is 5.11 Å². The fourth-order valence-corrected chi connectivity index (χ4v) is 5.57. The second-order valence-corrected chi connectivity index (χ2v) is 8.29. The maximum absolute atomic E-state index is 11.7. The monoisotopic (exact) mass is 294 g/mol. The normalized spacial score (nSPS) is 45.0. The van der Waals surface area contributed by atoms with Gasteiger partial charge in [0.25, 0.3) is 0 Å². The van der Waals surface area contributed by atoms with Gasteiger partial charge < -0.3 is 10.8 Å². The SMILES string of the molecule is CC(C)C1CCC(CN)(C2(O)CCN3CCCCC32)CC1. The van der Waals surface area contributed by atoms with Gasteiger partial charge in [-0.2, -0.15) is 0 Å². The molecule has 0 bridgehead atoms. The molecule has 3 fully saturated rings. The summed E-state index contributed by atoms with van der Waals surface area (Å²) in [6.45, 7) is 7.61. The lowest BCUT2D eigenvalue weighted by Gasteiger charge is -2.53. The van der Waals surface area contributed by atoms with Gasteiger partial charge in [-0.05, 0) is 63.3 Å². The average molecular weight is 294 g/mol. The molecule has 0 aromatic rings. The summed E-state index contributed by atoms with van der Waals surface area (Å²) in [5, 5.41) is 11.7. The summed E-state index contributed by atoms with van der Waals surface area (Å²) in [5.74, 6) is 1.60. The highest BCUT2D eigenvalue weighted by atomic mass is 16.3. The predicted octanol–water partition coefficient (Wildman–Crippen LogP) is 2.77. The van der Waals surface area contributed by atoms with Crippen molar-refractivity contribution in [3.05, 3.63) is 0 Å². The van der Waals surface area contributed by atoms with Crippen molar-refractivity contribution in [2.75, 3.05) is 19.6 Å². The van der Waals surface area contributed by atoms with Crippen LogP contribution in [0.4, 0.5) is 0 Å². The molecule has 0 spiro atoms. The maximum Gasteiger partial charge on any atom is 0.0882 e. The Bertz CT molecular complexity index is 362. The Morgan fingerprint density at radius 2 is 1.81 bits per heavy atom. The largest absolute Gasteiger partial charge is 0.388 e. The molecule has 0 radical (unpaired) electrons. The van der Waals surface area contributed by atoms with E-state index in [1.807, 2.05) is 0 Å². The van der Waals surface area contributed by atoms with Crippen molar-refractivity contribution in [3.63, 3.8) is 0 Å². The molecule has 2 heterocycles. The molecule has 1 aliphatic carbocycles. The van der Waals surface area contributed by atoms with Crippen LogP contribution in [0.25, 0.3) is 0 Å². The molecule has 3 aliphatic rings. The first-order chi connectivity index (χ1) is 10.0. The molecular formula is C18H34N2O. The number of aliphatic hydroxyl groups is 1. The van der Waals surface area contributed by atoms with E-state index in [0.29, 0.717) is 12.6 Å². The Kier molecular flexibility index (Phi) is 4.37. The lowest BCUT2D eigenvalue weighted by molar-refractivity contribution is -0.130. The molecule has 3 heteroatoms. The fraction of sp³-hybridized carbons (Fsp3) is 1.00. The van der Waals surface area contributed by atoms with Gasteiger partial charge in [0.1, 0.15) is 0 Å². The van der Waals surface area contributed by atoms with Gasteiger partial charge in [0.15, 0.2) is 0 Å². The van der Waals surface area contributed by atoms with Crippen LogP contribution >= 0.6 is 0 Å². The number of piperidine rings is 1. The molecule has 0 amide bonds. The number of nitrogens with two attached hydrogens (primary N) is 1. The highest BCUT2D eigenvalue weighted by Gasteiger charge is 2.59. The van der Waals surface area contributed by atoms with Crippen molar-refractivity contribution in [2.45, 2.75) is 76.9 Å². The van der Waals surface area contributed by atoms with E-state index < -0.39 is 5.60 Å². The minimum atomic E-state index is -0.524. The number of hydrogen-bond donors (Lipinski definition) is 2. The van der Waals surface area contributed by atoms with Crippen LogP contribution in [0.2, 0.25) is 0 Å². The summed E-state index contributed by atoms with van der Waals surface area (Å²) in [5.41, 5.74) is 5.73. The molecule has 1 saturated carbocycles. The van der Waals surface area contributed by atoms with E-state index >= 15 is 0 Å². The Labute approximate surface area is 130 Å². The smallest absolute Gasteiger partial charge is 0.0882 e. The zero-order chi connectivity index (χ0) is 15.1. The first kappa shape index (κ1) is 15.8. The topological polar surface area (TPSA) is 49.5 Å². The third-order valence-electron chi connectivity index (χ3n) is 7.18. The molecule has 0 aromatic heterocycles. The zero-order valence-electron chi connectivity index (χ0n) is 14.0. The van der Waals surface area contributed by atoms with Crippen LogP contribution in [0.1, 0.15) is 65.2 Å². The average Bonchev–Trinajstić information content (AvgIpc) is 2.87. The Hall–Kier alpha value is -0.120. The molecule has 2 aliphatic heterocycles. The lowest BCUT2D eigenvalue weighted by atomic mass is 9.57. The summed E-state index contributed by atoms with van der Waals surface area (Å²) in [6.07, 6.45) is 9.47. The molecule has 122 valence electrons. The summed E-state index contributed by atoms with van der Waals surface area (Å²) in [7, 11) is 0. The highest BCUT2D eigenvalue weighted by Crippen LogP contribution is 2.54. The first-order valence-corrected chi connectivity index (χ1v) is 9.19. The van der Waals surface area contributed by atoms with Gasteiger partial charge in [0, 0.05) is 24.5 Å². The Morgan fingerprint density at radius 3 is 2.43 bits per heavy atom. The number of nitrogens with zero attached hydrogens (tertiary/aromatic N) is 1. The molecule has 2 unspecified atom stereocenters. The van der Waals surface area contributed by atoms with Crippen LogP contribution < -0.4 is 5.73 Å². The quantitative estimate of drug-likeness (QED) is 0.841. The van der Waals surface area contributed by atoms with E-state index in [-0.39, 0.29) is 5.41 Å². The van der Waals surface area contributed by atoms with Gasteiger partial charge in [-0.25, -0.2) is 0 Å². The molecule has 3 N–H and O–H groups in total. The van der Waals surface area contributed by atoms with E-state index in [9.17, 15) is 5.11 Å². The van der Waals surface area contributed by atoms with Crippen LogP contribution in [0.3, 0.4) is 0 Å². The number of hydrogen-bond acceptors (Lipinski definition) is 3. The zero-order valence-corrected chi connectivity index (χ0v) is 14.0. The number of rotatable bonds is 3. The standard InChI is InChI=1S/C18H34N2O/c1-14(2)15-6-8-17(13-19,9-7-15)18(21)10-12-20-11-4-3-5-16(18)20/h14-16,21H,3-13,19H2,1-2H3. The van der Waals surface area contributed by atoms with Crippen LogP contribution in [-0.2, 0) is 0 Å². The second kappa shape index (κ2) is 5.82.